The maximum atomic E-state index is 12.1. The van der Waals surface area contributed by atoms with Gasteiger partial charge in [-0.2, -0.15) is 0 Å². The second-order valence-electron chi connectivity index (χ2n) is 5.25. The van der Waals surface area contributed by atoms with E-state index in [0.717, 1.165) is 16.8 Å². The van der Waals surface area contributed by atoms with E-state index in [1.807, 2.05) is 38.1 Å². The standard InChI is InChI=1S/C16H21NO3/c1-11(2)9-12(3)15(18)17-14-6-4-5-13(10-14)16-19-7-8-20-16/h4-6,10,12,16H,1,7-9H2,2-3H3,(H,17,18). The van der Waals surface area contributed by atoms with Gasteiger partial charge in [-0.1, -0.05) is 24.6 Å². The molecule has 0 bridgehead atoms. The molecule has 20 heavy (non-hydrogen) atoms. The summed E-state index contributed by atoms with van der Waals surface area (Å²) in [5, 5.41) is 2.92. The van der Waals surface area contributed by atoms with E-state index in [0.29, 0.717) is 19.6 Å². The van der Waals surface area contributed by atoms with Gasteiger partial charge in [0.05, 0.1) is 13.2 Å². The Labute approximate surface area is 119 Å². The van der Waals surface area contributed by atoms with Crippen LogP contribution in [0.3, 0.4) is 0 Å². The van der Waals surface area contributed by atoms with Gasteiger partial charge in [0.1, 0.15) is 0 Å². The molecule has 1 aromatic carbocycles. The summed E-state index contributed by atoms with van der Waals surface area (Å²) < 4.78 is 10.9. The van der Waals surface area contributed by atoms with Crippen LogP contribution in [0.4, 0.5) is 5.69 Å². The molecule has 1 aliphatic rings. The van der Waals surface area contributed by atoms with Crippen LogP contribution >= 0.6 is 0 Å². The van der Waals surface area contributed by atoms with Crippen molar-refractivity contribution in [1.29, 1.82) is 0 Å². The van der Waals surface area contributed by atoms with Gasteiger partial charge in [0, 0.05) is 17.2 Å². The number of carbonyl (C=O) groups is 1. The average molecular weight is 275 g/mol. The minimum Gasteiger partial charge on any atom is -0.346 e. The number of rotatable bonds is 5. The average Bonchev–Trinajstić information content (AvgIpc) is 2.92. The van der Waals surface area contributed by atoms with Crippen LogP contribution in [-0.4, -0.2) is 19.1 Å². The number of allylic oxidation sites excluding steroid dienone is 1. The SMILES string of the molecule is C=C(C)CC(C)C(=O)Nc1cccc(C2OCCO2)c1. The first kappa shape index (κ1) is 14.8. The maximum absolute atomic E-state index is 12.1. The summed E-state index contributed by atoms with van der Waals surface area (Å²) in [4.78, 5) is 12.1. The molecule has 1 fully saturated rings. The Morgan fingerprint density at radius 1 is 1.45 bits per heavy atom. The van der Waals surface area contributed by atoms with E-state index in [9.17, 15) is 4.79 Å². The summed E-state index contributed by atoms with van der Waals surface area (Å²) in [5.41, 5.74) is 2.70. The minimum atomic E-state index is -0.320. The van der Waals surface area contributed by atoms with Crippen LogP contribution in [0.25, 0.3) is 0 Å². The van der Waals surface area contributed by atoms with Crippen LogP contribution in [0.5, 0.6) is 0 Å². The molecule has 0 spiro atoms. The predicted molar refractivity (Wildman–Crippen MR) is 78.3 cm³/mol. The fraction of sp³-hybridized carbons (Fsp3) is 0.438. The lowest BCUT2D eigenvalue weighted by molar-refractivity contribution is -0.119. The lowest BCUT2D eigenvalue weighted by atomic mass is 10.0. The van der Waals surface area contributed by atoms with Gasteiger partial charge in [-0.15, -0.1) is 6.58 Å². The number of nitrogens with one attached hydrogen (secondary N) is 1. The topological polar surface area (TPSA) is 47.6 Å². The molecule has 1 heterocycles. The van der Waals surface area contributed by atoms with Gasteiger partial charge in [-0.3, -0.25) is 4.79 Å². The monoisotopic (exact) mass is 275 g/mol. The summed E-state index contributed by atoms with van der Waals surface area (Å²) in [6, 6.07) is 7.58. The Morgan fingerprint density at radius 2 is 2.15 bits per heavy atom. The van der Waals surface area contributed by atoms with Crippen LogP contribution < -0.4 is 5.32 Å². The normalized spacial score (nSPS) is 16.9. The van der Waals surface area contributed by atoms with Crippen molar-refractivity contribution >= 4 is 11.6 Å². The highest BCUT2D eigenvalue weighted by atomic mass is 16.7. The van der Waals surface area contributed by atoms with E-state index in [2.05, 4.69) is 11.9 Å². The van der Waals surface area contributed by atoms with Gasteiger partial charge in [-0.25, -0.2) is 0 Å². The molecule has 1 aliphatic heterocycles. The molecule has 0 aliphatic carbocycles. The largest absolute Gasteiger partial charge is 0.346 e. The van der Waals surface area contributed by atoms with Crippen molar-refractivity contribution in [1.82, 2.24) is 0 Å². The molecule has 1 N–H and O–H groups in total. The quantitative estimate of drug-likeness (QED) is 0.839. The van der Waals surface area contributed by atoms with E-state index in [1.54, 1.807) is 0 Å². The summed E-state index contributed by atoms with van der Waals surface area (Å²) >= 11 is 0. The molecule has 108 valence electrons. The minimum absolute atomic E-state index is 0.00147. The van der Waals surface area contributed by atoms with Crippen molar-refractivity contribution in [3.8, 4) is 0 Å². The van der Waals surface area contributed by atoms with Gasteiger partial charge in [0.2, 0.25) is 5.91 Å². The molecule has 1 aromatic rings. The highest BCUT2D eigenvalue weighted by Gasteiger charge is 2.19. The fourth-order valence-electron chi connectivity index (χ4n) is 2.19. The second-order valence-corrected chi connectivity index (χ2v) is 5.25. The van der Waals surface area contributed by atoms with Crippen molar-refractivity contribution in [2.24, 2.45) is 5.92 Å². The Morgan fingerprint density at radius 3 is 2.80 bits per heavy atom. The molecule has 1 saturated heterocycles. The first-order valence-electron chi connectivity index (χ1n) is 6.84. The zero-order valence-corrected chi connectivity index (χ0v) is 12.0. The Bertz CT molecular complexity index is 492. The van der Waals surface area contributed by atoms with Crippen molar-refractivity contribution in [3.05, 3.63) is 42.0 Å². The van der Waals surface area contributed by atoms with Gasteiger partial charge >= 0.3 is 0 Å². The zero-order valence-electron chi connectivity index (χ0n) is 12.0. The van der Waals surface area contributed by atoms with E-state index in [1.165, 1.54) is 0 Å². The predicted octanol–water partition coefficient (Wildman–Crippen LogP) is 3.27. The number of anilines is 1. The van der Waals surface area contributed by atoms with Crippen molar-refractivity contribution in [3.63, 3.8) is 0 Å². The van der Waals surface area contributed by atoms with Crippen molar-refractivity contribution in [2.45, 2.75) is 26.6 Å². The Hall–Kier alpha value is -1.65. The van der Waals surface area contributed by atoms with Gasteiger partial charge in [0.15, 0.2) is 6.29 Å². The Kier molecular flexibility index (Phi) is 4.93. The fourth-order valence-corrected chi connectivity index (χ4v) is 2.19. The van der Waals surface area contributed by atoms with Crippen LogP contribution in [0.1, 0.15) is 32.1 Å². The van der Waals surface area contributed by atoms with Crippen LogP contribution in [0.2, 0.25) is 0 Å². The third-order valence-electron chi connectivity index (χ3n) is 3.15. The number of ether oxygens (including phenoxy) is 2. The van der Waals surface area contributed by atoms with Crippen LogP contribution in [-0.2, 0) is 14.3 Å². The molecule has 1 amide bonds. The Balaban J connectivity index is 2.00. The van der Waals surface area contributed by atoms with Gasteiger partial charge < -0.3 is 14.8 Å². The third-order valence-corrected chi connectivity index (χ3v) is 3.15. The van der Waals surface area contributed by atoms with E-state index < -0.39 is 0 Å². The van der Waals surface area contributed by atoms with E-state index in [-0.39, 0.29) is 18.1 Å². The molecule has 1 unspecified atom stereocenters. The summed E-state index contributed by atoms with van der Waals surface area (Å²) in [6.07, 6.45) is 0.375. The van der Waals surface area contributed by atoms with Crippen molar-refractivity contribution < 1.29 is 14.3 Å². The molecule has 0 aromatic heterocycles. The number of hydrogen-bond acceptors (Lipinski definition) is 3. The molecule has 4 nitrogen and oxygen atoms in total. The first-order valence-corrected chi connectivity index (χ1v) is 6.84. The van der Waals surface area contributed by atoms with Crippen molar-refractivity contribution in [2.75, 3.05) is 18.5 Å². The van der Waals surface area contributed by atoms with Crippen LogP contribution in [0.15, 0.2) is 36.4 Å². The number of hydrogen-bond donors (Lipinski definition) is 1. The number of benzene rings is 1. The lowest BCUT2D eigenvalue weighted by Crippen LogP contribution is -2.20. The van der Waals surface area contributed by atoms with Gasteiger partial charge in [0.25, 0.3) is 0 Å². The summed E-state index contributed by atoms with van der Waals surface area (Å²) in [7, 11) is 0. The van der Waals surface area contributed by atoms with E-state index >= 15 is 0 Å². The summed E-state index contributed by atoms with van der Waals surface area (Å²) in [5.74, 6) is -0.0893. The smallest absolute Gasteiger partial charge is 0.227 e. The maximum Gasteiger partial charge on any atom is 0.227 e. The van der Waals surface area contributed by atoms with Gasteiger partial charge in [-0.05, 0) is 25.5 Å². The molecule has 0 radical (unpaired) electrons. The molecule has 2 rings (SSSR count). The molecule has 0 saturated carbocycles. The third kappa shape index (κ3) is 3.92. The first-order chi connectivity index (χ1) is 9.56. The highest BCUT2D eigenvalue weighted by molar-refractivity contribution is 5.92. The molecular weight excluding hydrogens is 254 g/mol. The number of amides is 1. The zero-order chi connectivity index (χ0) is 14.5. The molecular formula is C16H21NO3. The highest BCUT2D eigenvalue weighted by Crippen LogP contribution is 2.25. The molecule has 4 heteroatoms. The van der Waals surface area contributed by atoms with E-state index in [4.69, 9.17) is 9.47 Å². The number of carbonyl (C=O) groups excluding carboxylic acids is 1. The molecule has 1 atom stereocenters. The lowest BCUT2D eigenvalue weighted by Gasteiger charge is -2.14. The summed E-state index contributed by atoms with van der Waals surface area (Å²) in [6.45, 7) is 8.88. The second kappa shape index (κ2) is 6.68. The van der Waals surface area contributed by atoms with Crippen LogP contribution in [0, 0.1) is 5.92 Å².